The number of aliphatic carboxylic acids is 1. The van der Waals surface area contributed by atoms with Crippen LogP contribution in [0.4, 0.5) is 4.39 Å². The predicted molar refractivity (Wildman–Crippen MR) is 402 cm³/mol. The van der Waals surface area contributed by atoms with E-state index in [4.69, 9.17) is 94.7 Å². The fourth-order valence-electron chi connectivity index (χ4n) is 11.4. The fourth-order valence-corrected chi connectivity index (χ4v) is 14.1. The van der Waals surface area contributed by atoms with Gasteiger partial charge >= 0.3 is 5.97 Å². The summed E-state index contributed by atoms with van der Waals surface area (Å²) in [6.45, 7) is 20.8. The molecule has 3 heterocycles. The summed E-state index contributed by atoms with van der Waals surface area (Å²) < 4.78 is 89.2. The minimum atomic E-state index is -2.45. The zero-order valence-corrected chi connectivity index (χ0v) is 62.7. The molecular weight excluding hydrogens is 1390 g/mol. The molecule has 23 heteroatoms. The predicted octanol–water partition coefficient (Wildman–Crippen LogP) is 17.6. The van der Waals surface area contributed by atoms with E-state index in [1.54, 1.807) is 63.9 Å². The summed E-state index contributed by atoms with van der Waals surface area (Å²) in [7, 11) is 2.41. The molecule has 0 aliphatic heterocycles. The average molecular weight is 1480 g/mol. The molecule has 0 spiro atoms. The number of thiophene rings is 1. The molecular formula is C80H85Cl2FN4O14SSi. The number of benzene rings is 7. The first kappa shape index (κ1) is 76.6. The molecule has 10 rings (SSSR count). The number of hydrogen-bond acceptors (Lipinski definition) is 18. The summed E-state index contributed by atoms with van der Waals surface area (Å²) in [5.41, 5.74) is 5.60. The SMILES string of the molecule is C=CCOC[C@H](COC(c1ccccc1)(c1ccc(OC)cc1)c1ccc(OC)cc1)Oc1c(Cl)c(C)c(-c2c(-c3ccc(F)cc3)sc3ncnc(O[C@H](Cc4cc(O[Si](C)(C)C(C)(C)C)ccc4OCc4ccnc(-c5ccccc5OCCOCCOCCOC)n4)C(=O)O)c23)c(C)c1Cl. The number of hydrogen-bond donors (Lipinski definition) is 1. The number of carboxylic acids is 1. The number of para-hydroxylation sites is 1. The summed E-state index contributed by atoms with van der Waals surface area (Å²) in [5.74, 6) is 1.55. The quantitative estimate of drug-likeness (QED) is 0.0167. The lowest BCUT2D eigenvalue weighted by Crippen LogP contribution is -2.43. The molecule has 0 aliphatic carbocycles. The molecule has 18 nitrogen and oxygen atoms in total. The van der Waals surface area contributed by atoms with Crippen molar-refractivity contribution in [2.45, 2.75) is 83.6 Å². The molecule has 1 N–H and O–H groups in total. The summed E-state index contributed by atoms with van der Waals surface area (Å²) >= 11 is 16.6. The van der Waals surface area contributed by atoms with Crippen LogP contribution in [0.1, 0.15) is 59.8 Å². The topological polar surface area (TPSA) is 200 Å². The van der Waals surface area contributed by atoms with E-state index in [2.05, 4.69) is 45.4 Å². The van der Waals surface area contributed by atoms with E-state index < -0.39 is 37.9 Å². The van der Waals surface area contributed by atoms with E-state index in [0.29, 0.717) is 127 Å². The van der Waals surface area contributed by atoms with Crippen LogP contribution < -0.4 is 32.8 Å². The van der Waals surface area contributed by atoms with E-state index in [-0.39, 0.29) is 66.2 Å². The second-order valence-corrected chi connectivity index (χ2v) is 32.1. The lowest BCUT2D eigenvalue weighted by Gasteiger charge is -2.37. The second-order valence-electron chi connectivity index (χ2n) is 25.6. The van der Waals surface area contributed by atoms with Crippen LogP contribution in [0, 0.1) is 19.7 Å². The number of methoxy groups -OCH3 is 3. The Morgan fingerprint density at radius 2 is 1.30 bits per heavy atom. The third kappa shape index (κ3) is 18.5. The highest BCUT2D eigenvalue weighted by atomic mass is 35.5. The van der Waals surface area contributed by atoms with Crippen molar-refractivity contribution in [1.29, 1.82) is 0 Å². The molecule has 0 bridgehead atoms. The van der Waals surface area contributed by atoms with Crippen molar-refractivity contribution < 1.29 is 70.8 Å². The smallest absolute Gasteiger partial charge is 0.345 e. The Kier molecular flexibility index (Phi) is 26.4. The van der Waals surface area contributed by atoms with E-state index in [9.17, 15) is 14.3 Å². The molecule has 103 heavy (non-hydrogen) atoms. The third-order valence-electron chi connectivity index (χ3n) is 17.8. The molecule has 0 saturated carbocycles. The number of fused-ring (bicyclic) bond motifs is 1. The highest BCUT2D eigenvalue weighted by Gasteiger charge is 2.41. The van der Waals surface area contributed by atoms with Gasteiger partial charge in [-0.2, -0.15) is 0 Å². The van der Waals surface area contributed by atoms with Gasteiger partial charge < -0.3 is 61.6 Å². The molecule has 7 aromatic carbocycles. The third-order valence-corrected chi connectivity index (χ3v) is 24.2. The highest BCUT2D eigenvalue weighted by molar-refractivity contribution is 7.22. The van der Waals surface area contributed by atoms with Crippen molar-refractivity contribution in [2.75, 3.05) is 80.8 Å². The van der Waals surface area contributed by atoms with E-state index >= 15 is 0 Å². The average Bonchev–Trinajstić information content (AvgIpc) is 1.63. The number of carbonyl (C=O) groups is 1. The Labute approximate surface area is 615 Å². The van der Waals surface area contributed by atoms with Crippen LogP contribution in [-0.4, -0.2) is 132 Å². The normalized spacial score (nSPS) is 12.4. The molecule has 540 valence electrons. The largest absolute Gasteiger partial charge is 0.543 e. The summed E-state index contributed by atoms with van der Waals surface area (Å²) in [4.78, 5) is 33.9. The number of rotatable bonds is 37. The summed E-state index contributed by atoms with van der Waals surface area (Å²) in [6.07, 6.45) is 1.94. The minimum absolute atomic E-state index is 0.0173. The Balaban J connectivity index is 0.995. The second kappa shape index (κ2) is 35.5. The van der Waals surface area contributed by atoms with Gasteiger partial charge in [-0.25, -0.2) is 29.1 Å². The van der Waals surface area contributed by atoms with Gasteiger partial charge in [-0.05, 0) is 144 Å². The van der Waals surface area contributed by atoms with Gasteiger partial charge in [0.05, 0.1) is 93.8 Å². The van der Waals surface area contributed by atoms with Crippen molar-refractivity contribution in [3.8, 4) is 73.3 Å². The van der Waals surface area contributed by atoms with Gasteiger partial charge in [0.15, 0.2) is 11.6 Å². The van der Waals surface area contributed by atoms with Crippen molar-refractivity contribution in [1.82, 2.24) is 19.9 Å². The van der Waals surface area contributed by atoms with Gasteiger partial charge in [0.25, 0.3) is 0 Å². The molecule has 0 saturated heterocycles. The molecule has 0 aliphatic rings. The highest BCUT2D eigenvalue weighted by Crippen LogP contribution is 2.54. The summed E-state index contributed by atoms with van der Waals surface area (Å²) in [5, 5.41) is 11.8. The monoisotopic (exact) mass is 1470 g/mol. The number of aromatic nitrogens is 4. The van der Waals surface area contributed by atoms with Crippen LogP contribution >= 0.6 is 34.5 Å². The van der Waals surface area contributed by atoms with Crippen LogP contribution in [0.25, 0.3) is 43.2 Å². The van der Waals surface area contributed by atoms with Crippen LogP contribution in [0.5, 0.6) is 40.4 Å². The first-order valence-electron chi connectivity index (χ1n) is 33.6. The fraction of sp³-hybridized carbons (Fsp3) is 0.312. The van der Waals surface area contributed by atoms with Crippen LogP contribution in [0.3, 0.4) is 0 Å². The molecule has 0 amide bonds. The zero-order chi connectivity index (χ0) is 73.3. The van der Waals surface area contributed by atoms with Gasteiger partial charge in [0, 0.05) is 35.7 Å². The van der Waals surface area contributed by atoms with Gasteiger partial charge in [0.2, 0.25) is 20.3 Å². The molecule has 3 aromatic heterocycles. The maximum atomic E-state index is 14.9. The van der Waals surface area contributed by atoms with Gasteiger partial charge in [0.1, 0.15) is 70.6 Å². The van der Waals surface area contributed by atoms with E-state index in [0.717, 1.165) is 16.7 Å². The van der Waals surface area contributed by atoms with Crippen LogP contribution in [-0.2, 0) is 47.1 Å². The number of ether oxygens (including phenoxy) is 11. The van der Waals surface area contributed by atoms with Gasteiger partial charge in [-0.1, -0.05) is 129 Å². The first-order valence-corrected chi connectivity index (χ1v) is 38.0. The van der Waals surface area contributed by atoms with Crippen molar-refractivity contribution >= 4 is 59.0 Å². The van der Waals surface area contributed by atoms with Gasteiger partial charge in [-0.3, -0.25) is 0 Å². The number of halogens is 3. The minimum Gasteiger partial charge on any atom is -0.543 e. The van der Waals surface area contributed by atoms with Crippen LogP contribution in [0.2, 0.25) is 28.2 Å². The molecule has 2 atom stereocenters. The Morgan fingerprint density at radius 3 is 1.93 bits per heavy atom. The molecule has 0 unspecified atom stereocenters. The Hall–Kier alpha value is -9.00. The maximum absolute atomic E-state index is 14.9. The lowest BCUT2D eigenvalue weighted by atomic mass is 9.80. The van der Waals surface area contributed by atoms with E-state index in [1.807, 2.05) is 123 Å². The summed E-state index contributed by atoms with van der Waals surface area (Å²) in [6, 6.07) is 45.9. The van der Waals surface area contributed by atoms with Gasteiger partial charge in [-0.15, -0.1) is 17.9 Å². The first-order chi connectivity index (χ1) is 49.7. The Bertz CT molecular complexity index is 4410. The zero-order valence-electron chi connectivity index (χ0n) is 59.4. The lowest BCUT2D eigenvalue weighted by molar-refractivity contribution is -0.145. The van der Waals surface area contributed by atoms with Crippen molar-refractivity contribution in [2.24, 2.45) is 0 Å². The molecule has 0 fully saturated rings. The van der Waals surface area contributed by atoms with E-state index in [1.165, 1.54) is 29.8 Å². The van der Waals surface area contributed by atoms with Crippen molar-refractivity contribution in [3.05, 3.63) is 232 Å². The molecule has 0 radical (unpaired) electrons. The number of nitrogens with zero attached hydrogens (tertiary/aromatic N) is 4. The maximum Gasteiger partial charge on any atom is 0.345 e. The van der Waals surface area contributed by atoms with Crippen LogP contribution in [0.15, 0.2) is 177 Å². The van der Waals surface area contributed by atoms with Crippen molar-refractivity contribution in [3.63, 3.8) is 0 Å². The Morgan fingerprint density at radius 1 is 0.680 bits per heavy atom. The standard InChI is InChI=1S/C80H85Cl2FN4O14SSi/c1-12-38-95-48-63(49-98-80(55-18-14-13-15-19-55,56-24-30-60(91-8)31-25-56)57-26-32-61(92-9)33-27-57)99-73-71(81)51(2)68(52(3)72(73)82)69-70-76(85-50-86-77(70)102-74(69)53-22-28-58(83)29-23-53)100-67(78(88)89)46-54-45-62(101-103(10,11)79(4,5)6)34-35-65(54)97-47-59-36-37-84-75(87-59)64-20-16-17-21-66(64)96-44-43-94-42-41-93-40-39-90-7/h12-37,45,50,63,67H,1,38-44,46-49H2,2-11H3,(H,88,89)/t63-,67-/m1/s1. The number of carboxylic acid groups (broad SMARTS) is 1. The molecule has 10 aromatic rings.